The normalized spacial score (nSPS) is 19.3. The number of ether oxygens (including phenoxy) is 2. The van der Waals surface area contributed by atoms with Crippen LogP contribution in [0.3, 0.4) is 0 Å². The van der Waals surface area contributed by atoms with E-state index >= 15 is 0 Å². The Labute approximate surface area is 224 Å². The van der Waals surface area contributed by atoms with Crippen LogP contribution in [0, 0.1) is 5.82 Å². The van der Waals surface area contributed by atoms with Crippen molar-refractivity contribution in [2.45, 2.75) is 31.3 Å². The lowest BCUT2D eigenvalue weighted by Gasteiger charge is -2.25. The number of halogens is 1. The Morgan fingerprint density at radius 2 is 2.10 bits per heavy atom. The average molecular weight is 553 g/mol. The molecule has 1 saturated heterocycles. The number of amides is 4. The van der Waals surface area contributed by atoms with E-state index in [1.165, 1.54) is 36.1 Å². The van der Waals surface area contributed by atoms with Crippen molar-refractivity contribution < 1.29 is 38.1 Å². The van der Waals surface area contributed by atoms with E-state index in [2.05, 4.69) is 15.6 Å². The van der Waals surface area contributed by atoms with Gasteiger partial charge in [0.1, 0.15) is 24.4 Å². The average Bonchev–Trinajstić information content (AvgIpc) is 3.53. The molecule has 1 unspecified atom stereocenters. The van der Waals surface area contributed by atoms with Crippen molar-refractivity contribution in [3.8, 4) is 0 Å². The maximum absolute atomic E-state index is 14.5. The van der Waals surface area contributed by atoms with Crippen molar-refractivity contribution in [3.05, 3.63) is 94.6 Å². The molecule has 1 aromatic carbocycles. The number of hydrogen-bond acceptors (Lipinski definition) is 8. The molecule has 0 saturated carbocycles. The predicted octanol–water partition coefficient (Wildman–Crippen LogP) is 3.46. The number of carboxylic acids is 1. The third-order valence-electron chi connectivity index (χ3n) is 6.11. The Morgan fingerprint density at radius 1 is 1.28 bits per heavy atom. The van der Waals surface area contributed by atoms with E-state index in [0.29, 0.717) is 17.1 Å². The number of rotatable bonds is 8. The number of aromatic nitrogens is 1. The summed E-state index contributed by atoms with van der Waals surface area (Å²) in [6.45, 7) is 0. The molecule has 3 aliphatic rings. The van der Waals surface area contributed by atoms with Crippen molar-refractivity contribution in [1.82, 2.24) is 15.2 Å². The van der Waals surface area contributed by atoms with Crippen LogP contribution in [0.15, 0.2) is 77.5 Å². The molecule has 0 spiro atoms. The fraction of sp³-hybridized carbons (Fsp3) is 0.192. The van der Waals surface area contributed by atoms with Crippen LogP contribution in [0.2, 0.25) is 0 Å². The van der Waals surface area contributed by atoms with E-state index in [0.717, 1.165) is 23.3 Å². The van der Waals surface area contributed by atoms with Gasteiger partial charge in [0.05, 0.1) is 0 Å². The van der Waals surface area contributed by atoms with Crippen molar-refractivity contribution in [3.63, 3.8) is 0 Å². The van der Waals surface area contributed by atoms with Gasteiger partial charge in [0.2, 0.25) is 5.91 Å². The number of carboxylic acid groups (broad SMARTS) is 1. The molecule has 0 radical (unpaired) electrons. The first-order valence-corrected chi connectivity index (χ1v) is 12.7. The number of hydrogen-bond donors (Lipinski definition) is 3. The van der Waals surface area contributed by atoms with Crippen molar-refractivity contribution in [2.75, 3.05) is 5.32 Å². The molecule has 1 fully saturated rings. The van der Waals surface area contributed by atoms with E-state index in [9.17, 15) is 23.6 Å². The minimum atomic E-state index is -1.50. The molecule has 200 valence electrons. The highest BCUT2D eigenvalue weighted by atomic mass is 32.1. The molecule has 13 heteroatoms. The summed E-state index contributed by atoms with van der Waals surface area (Å²) in [4.78, 5) is 55.6. The van der Waals surface area contributed by atoms with Crippen LogP contribution < -0.4 is 10.6 Å². The molecule has 3 N–H and O–H groups in total. The van der Waals surface area contributed by atoms with E-state index < -0.39 is 41.7 Å². The lowest BCUT2D eigenvalue weighted by atomic mass is 10.0. The van der Waals surface area contributed by atoms with Gasteiger partial charge >= 0.3 is 12.0 Å². The van der Waals surface area contributed by atoms with Crippen LogP contribution in [0.25, 0.3) is 0 Å². The van der Waals surface area contributed by atoms with Gasteiger partial charge in [-0.05, 0) is 30.0 Å². The fourth-order valence-corrected chi connectivity index (χ4v) is 4.87. The number of thiazole rings is 1. The van der Waals surface area contributed by atoms with Gasteiger partial charge in [-0.2, -0.15) is 0 Å². The number of carbonyl (C=O) groups is 4. The molecule has 5 rings (SSSR count). The number of nitrogens with one attached hydrogen (secondary N) is 2. The quantitative estimate of drug-likeness (QED) is 0.422. The zero-order valence-electron chi connectivity index (χ0n) is 20.1. The molecule has 0 bridgehead atoms. The lowest BCUT2D eigenvalue weighted by Crippen LogP contribution is -2.49. The highest BCUT2D eigenvalue weighted by Gasteiger charge is 2.48. The summed E-state index contributed by atoms with van der Waals surface area (Å²) in [6.07, 6.45) is 9.45. The molecule has 2 aliphatic heterocycles. The summed E-state index contributed by atoms with van der Waals surface area (Å²) in [5, 5.41) is 15.2. The molecule has 1 aromatic heterocycles. The zero-order valence-corrected chi connectivity index (χ0v) is 20.9. The second-order valence-electron chi connectivity index (χ2n) is 8.63. The van der Waals surface area contributed by atoms with Gasteiger partial charge in [-0.25, -0.2) is 23.9 Å². The molecule has 39 heavy (non-hydrogen) atoms. The van der Waals surface area contributed by atoms with Gasteiger partial charge in [-0.3, -0.25) is 9.59 Å². The molecule has 3 heterocycles. The Morgan fingerprint density at radius 3 is 2.82 bits per heavy atom. The number of imide groups is 1. The third kappa shape index (κ3) is 5.43. The highest BCUT2D eigenvalue weighted by molar-refractivity contribution is 7.14. The van der Waals surface area contributed by atoms with E-state index in [-0.39, 0.29) is 28.6 Å². The standard InChI is InChI=1S/C26H21FN4O7S/c27-16-9-5-4-8-15(16)10-18(22(32)30-25-28-17(13-39-25)24(34)35)31-23(33)21(29-26(31)36)20-12-37-11-19(38-20)14-6-2-1-3-7-14/h1-2,4-6,8-9,11-13,18,21H,3,7,10H2,(H,29,36)(H,34,35)(H,28,30,32)/t18-,21?/m0/s1. The molecule has 1 aliphatic carbocycles. The number of allylic oxidation sites excluding steroid dienone is 4. The number of aromatic carboxylic acids is 1. The first-order valence-electron chi connectivity index (χ1n) is 11.8. The summed E-state index contributed by atoms with van der Waals surface area (Å²) in [6, 6.07) is 1.96. The molecule has 4 amide bonds. The van der Waals surface area contributed by atoms with Gasteiger partial charge in [0, 0.05) is 11.8 Å². The minimum absolute atomic E-state index is 0.0138. The van der Waals surface area contributed by atoms with Crippen LogP contribution in [0.1, 0.15) is 28.9 Å². The predicted molar refractivity (Wildman–Crippen MR) is 136 cm³/mol. The monoisotopic (exact) mass is 552 g/mol. The summed E-state index contributed by atoms with van der Waals surface area (Å²) in [7, 11) is 0. The van der Waals surface area contributed by atoms with Gasteiger partial charge < -0.3 is 25.2 Å². The van der Waals surface area contributed by atoms with Crippen molar-refractivity contribution in [1.29, 1.82) is 0 Å². The summed E-state index contributed by atoms with van der Waals surface area (Å²) in [5.74, 6) is -3.19. The van der Waals surface area contributed by atoms with Gasteiger partial charge in [0.15, 0.2) is 28.4 Å². The Bertz CT molecular complexity index is 1480. The van der Waals surface area contributed by atoms with Crippen LogP contribution in [-0.4, -0.2) is 50.9 Å². The van der Waals surface area contributed by atoms with Gasteiger partial charge in [-0.1, -0.05) is 36.4 Å². The van der Waals surface area contributed by atoms with Crippen LogP contribution in [0.5, 0.6) is 0 Å². The largest absolute Gasteiger partial charge is 0.476 e. The number of nitrogens with zero attached hydrogens (tertiary/aromatic N) is 2. The number of benzene rings is 1. The minimum Gasteiger partial charge on any atom is -0.476 e. The van der Waals surface area contributed by atoms with Crippen LogP contribution in [-0.2, 0) is 25.5 Å². The maximum Gasteiger partial charge on any atom is 0.355 e. The molecule has 2 atom stereocenters. The smallest absolute Gasteiger partial charge is 0.355 e. The van der Waals surface area contributed by atoms with Crippen molar-refractivity contribution in [2.24, 2.45) is 0 Å². The first-order chi connectivity index (χ1) is 18.8. The topological polar surface area (TPSA) is 147 Å². The molecular formula is C26H21FN4O7S. The second-order valence-corrected chi connectivity index (χ2v) is 9.49. The van der Waals surface area contributed by atoms with Gasteiger partial charge in [0.25, 0.3) is 5.91 Å². The number of anilines is 1. The number of urea groups is 1. The SMILES string of the molecule is O=C(O)c1csc(NC(=O)[C@H](Cc2ccccc2F)N2C(=O)NC(C3=COC=C(C4=CC=CCC4)O3)C2=O)n1. The van der Waals surface area contributed by atoms with Gasteiger partial charge in [-0.15, -0.1) is 11.3 Å². The molecular weight excluding hydrogens is 531 g/mol. The van der Waals surface area contributed by atoms with Crippen LogP contribution >= 0.6 is 11.3 Å². The fourth-order valence-electron chi connectivity index (χ4n) is 4.19. The Hall–Kier alpha value is -4.78. The van der Waals surface area contributed by atoms with Crippen LogP contribution in [0.4, 0.5) is 14.3 Å². The second kappa shape index (κ2) is 10.9. The zero-order chi connectivity index (χ0) is 27.5. The summed E-state index contributed by atoms with van der Waals surface area (Å²) < 4.78 is 25.8. The summed E-state index contributed by atoms with van der Waals surface area (Å²) >= 11 is 0.850. The molecule has 11 nitrogen and oxygen atoms in total. The highest BCUT2D eigenvalue weighted by Crippen LogP contribution is 2.30. The maximum atomic E-state index is 14.5. The third-order valence-corrected chi connectivity index (χ3v) is 6.87. The van der Waals surface area contributed by atoms with E-state index in [4.69, 9.17) is 14.6 Å². The lowest BCUT2D eigenvalue weighted by molar-refractivity contribution is -0.134. The van der Waals surface area contributed by atoms with Crippen molar-refractivity contribution >= 4 is 40.3 Å². The number of carbonyl (C=O) groups excluding carboxylic acids is 3. The first kappa shape index (κ1) is 25.9. The van der Waals surface area contributed by atoms with E-state index in [1.54, 1.807) is 6.07 Å². The van der Waals surface area contributed by atoms with E-state index in [1.807, 2.05) is 18.2 Å². The molecule has 2 aromatic rings. The Kier molecular flexibility index (Phi) is 7.23. The summed E-state index contributed by atoms with van der Waals surface area (Å²) in [5.41, 5.74) is 0.647. The Balaban J connectivity index is 1.39.